The van der Waals surface area contributed by atoms with Crippen LogP contribution >= 0.6 is 0 Å². The Labute approximate surface area is 404 Å². The maximum atomic E-state index is 13.2. The second kappa shape index (κ2) is 34.8. The largest absolute Gasteiger partial charge is 0.394 e. The number of nitrogens with one attached hydrogen (secondary N) is 1. The van der Waals surface area contributed by atoms with Gasteiger partial charge in [0.2, 0.25) is 5.91 Å². The molecule has 0 aliphatic carbocycles. The van der Waals surface area contributed by atoms with Crippen molar-refractivity contribution in [2.45, 2.75) is 266 Å². The van der Waals surface area contributed by atoms with Crippen molar-refractivity contribution in [3.8, 4) is 0 Å². The smallest absolute Gasteiger partial charge is 0.220 e. The SMILES string of the molecule is CCCCCC/C=C/C(O)C(COC1OC(CO)C(OC2OC(CO)C(OC3OC(CO)C(O)C(O)C3O)C(O)C2O)C(O)C1O)NC(=O)CCCCCCCCCCCCCCCCCCC. The molecule has 19 heteroatoms. The predicted molar refractivity (Wildman–Crippen MR) is 250 cm³/mol. The van der Waals surface area contributed by atoms with Gasteiger partial charge < -0.3 is 89.9 Å². The van der Waals surface area contributed by atoms with Gasteiger partial charge in [-0.1, -0.05) is 148 Å². The normalized spacial score (nSPS) is 33.2. The molecule has 0 aromatic heterocycles. The molecule has 400 valence electrons. The summed E-state index contributed by atoms with van der Waals surface area (Å²) in [5, 5.41) is 119. The van der Waals surface area contributed by atoms with E-state index in [2.05, 4.69) is 19.2 Å². The Morgan fingerprint density at radius 2 is 0.912 bits per heavy atom. The Hall–Kier alpha value is -1.47. The number of unbranched alkanes of at least 4 members (excludes halogenated alkanes) is 20. The summed E-state index contributed by atoms with van der Waals surface area (Å²) in [6.45, 7) is 1.60. The van der Waals surface area contributed by atoms with Crippen LogP contribution in [0.25, 0.3) is 0 Å². The van der Waals surface area contributed by atoms with E-state index < -0.39 is 124 Å². The number of carbonyl (C=O) groups is 1. The molecule has 12 N–H and O–H groups in total. The monoisotopic (exact) mass is 982 g/mol. The molecule has 3 aliphatic rings. The molecule has 0 saturated carbocycles. The van der Waals surface area contributed by atoms with Crippen LogP contribution in [0.2, 0.25) is 0 Å². The Bertz CT molecular complexity index is 1310. The predicted octanol–water partition coefficient (Wildman–Crippen LogP) is 1.87. The van der Waals surface area contributed by atoms with Crippen LogP contribution in [0.4, 0.5) is 0 Å². The van der Waals surface area contributed by atoms with Gasteiger partial charge in [0.25, 0.3) is 0 Å². The van der Waals surface area contributed by atoms with Gasteiger partial charge in [0, 0.05) is 6.42 Å². The average molecular weight is 982 g/mol. The Morgan fingerprint density at radius 1 is 0.515 bits per heavy atom. The van der Waals surface area contributed by atoms with E-state index in [0.29, 0.717) is 6.42 Å². The second-order valence-electron chi connectivity index (χ2n) is 19.0. The first-order chi connectivity index (χ1) is 32.8. The highest BCUT2D eigenvalue weighted by molar-refractivity contribution is 5.76. The van der Waals surface area contributed by atoms with Crippen molar-refractivity contribution in [3.63, 3.8) is 0 Å². The van der Waals surface area contributed by atoms with Crippen molar-refractivity contribution in [1.29, 1.82) is 0 Å². The van der Waals surface area contributed by atoms with Crippen molar-refractivity contribution in [2.24, 2.45) is 0 Å². The third kappa shape index (κ3) is 20.6. The van der Waals surface area contributed by atoms with Gasteiger partial charge in [0.1, 0.15) is 73.2 Å². The molecule has 68 heavy (non-hydrogen) atoms. The fourth-order valence-electron chi connectivity index (χ4n) is 8.95. The van der Waals surface area contributed by atoms with Gasteiger partial charge in [-0.2, -0.15) is 0 Å². The first kappa shape index (κ1) is 60.8. The zero-order chi connectivity index (χ0) is 49.8. The molecule has 19 nitrogen and oxygen atoms in total. The van der Waals surface area contributed by atoms with Crippen LogP contribution in [0.5, 0.6) is 0 Å². The van der Waals surface area contributed by atoms with E-state index >= 15 is 0 Å². The number of aliphatic hydroxyl groups is 11. The Balaban J connectivity index is 1.49. The number of ether oxygens (including phenoxy) is 6. The van der Waals surface area contributed by atoms with Crippen LogP contribution in [0.3, 0.4) is 0 Å². The molecule has 3 heterocycles. The lowest BCUT2D eigenvalue weighted by Crippen LogP contribution is -2.66. The van der Waals surface area contributed by atoms with Gasteiger partial charge >= 0.3 is 0 Å². The molecule has 3 rings (SSSR count). The first-order valence-corrected chi connectivity index (χ1v) is 25.9. The van der Waals surface area contributed by atoms with Crippen molar-refractivity contribution < 1.29 is 89.4 Å². The number of amides is 1. The highest BCUT2D eigenvalue weighted by Crippen LogP contribution is 2.33. The molecular formula is C49H91NO18. The Kier molecular flexibility index (Phi) is 31.1. The molecule has 0 aromatic carbocycles. The fraction of sp³-hybridized carbons (Fsp3) is 0.939. The quantitative estimate of drug-likeness (QED) is 0.0315. The topological polar surface area (TPSA) is 307 Å². The first-order valence-electron chi connectivity index (χ1n) is 25.9. The minimum absolute atomic E-state index is 0.247. The van der Waals surface area contributed by atoms with E-state index in [1.54, 1.807) is 6.08 Å². The summed E-state index contributed by atoms with van der Waals surface area (Å²) < 4.78 is 34.0. The van der Waals surface area contributed by atoms with E-state index in [4.69, 9.17) is 28.4 Å². The summed E-state index contributed by atoms with van der Waals surface area (Å²) in [5.41, 5.74) is 0. The van der Waals surface area contributed by atoms with E-state index in [0.717, 1.165) is 51.4 Å². The lowest BCUT2D eigenvalue weighted by atomic mass is 9.96. The zero-order valence-corrected chi connectivity index (χ0v) is 40.8. The van der Waals surface area contributed by atoms with Gasteiger partial charge in [-0.3, -0.25) is 4.79 Å². The number of hydrogen-bond donors (Lipinski definition) is 12. The molecule has 0 radical (unpaired) electrons. The van der Waals surface area contributed by atoms with Crippen LogP contribution in [0.1, 0.15) is 162 Å². The molecule has 17 atom stereocenters. The summed E-state index contributed by atoms with van der Waals surface area (Å²) in [6, 6.07) is -0.962. The second-order valence-corrected chi connectivity index (χ2v) is 19.0. The summed E-state index contributed by atoms with van der Waals surface area (Å²) >= 11 is 0. The van der Waals surface area contributed by atoms with Crippen LogP contribution in [0.15, 0.2) is 12.2 Å². The minimum Gasteiger partial charge on any atom is -0.394 e. The summed E-state index contributed by atoms with van der Waals surface area (Å²) in [6.07, 6.45) is 2.66. The number of carbonyl (C=O) groups excluding carboxylic acids is 1. The Morgan fingerprint density at radius 3 is 1.38 bits per heavy atom. The third-order valence-electron chi connectivity index (χ3n) is 13.3. The van der Waals surface area contributed by atoms with E-state index in [1.165, 1.54) is 83.5 Å². The maximum absolute atomic E-state index is 13.2. The number of rotatable bonds is 36. The molecular weight excluding hydrogens is 891 g/mol. The highest BCUT2D eigenvalue weighted by Gasteiger charge is 2.53. The van der Waals surface area contributed by atoms with E-state index in [9.17, 15) is 61.0 Å². The number of hydrogen-bond acceptors (Lipinski definition) is 18. The summed E-state index contributed by atoms with van der Waals surface area (Å²) in [7, 11) is 0. The number of aliphatic hydroxyl groups excluding tert-OH is 11. The van der Waals surface area contributed by atoms with Crippen molar-refractivity contribution >= 4 is 5.91 Å². The van der Waals surface area contributed by atoms with Crippen LogP contribution in [0, 0.1) is 0 Å². The van der Waals surface area contributed by atoms with Gasteiger partial charge in [-0.25, -0.2) is 0 Å². The maximum Gasteiger partial charge on any atom is 0.220 e. The molecule has 3 saturated heterocycles. The van der Waals surface area contributed by atoms with Crippen LogP contribution < -0.4 is 5.32 Å². The lowest BCUT2D eigenvalue weighted by Gasteiger charge is -2.48. The summed E-state index contributed by atoms with van der Waals surface area (Å²) in [4.78, 5) is 13.2. The molecule has 3 aliphatic heterocycles. The van der Waals surface area contributed by atoms with Crippen molar-refractivity contribution in [1.82, 2.24) is 5.32 Å². The van der Waals surface area contributed by atoms with Crippen LogP contribution in [-0.2, 0) is 33.2 Å². The molecule has 1 amide bonds. The van der Waals surface area contributed by atoms with Gasteiger partial charge in [0.05, 0.1) is 38.6 Å². The molecule has 17 unspecified atom stereocenters. The standard InChI is InChI=1S/C49H91NO18/c1-3-5-7-9-11-12-13-14-15-16-17-18-19-20-21-23-25-27-37(55)50-32(33(54)26-24-22-10-8-6-4-2)31-63-47-43(61)40(58)45(35(29-52)65-47)68-49-44(62)41(59)46(36(30-53)66-49)67-48-42(60)39(57)38(56)34(28-51)64-48/h24,26,32-36,38-49,51-54,56-62H,3-23,25,27-31H2,1-2H3,(H,50,55)/b26-24+. The van der Waals surface area contributed by atoms with Crippen molar-refractivity contribution in [2.75, 3.05) is 26.4 Å². The van der Waals surface area contributed by atoms with Crippen LogP contribution in [-0.4, -0.2) is 193 Å². The molecule has 0 spiro atoms. The van der Waals surface area contributed by atoms with E-state index in [-0.39, 0.29) is 18.9 Å². The van der Waals surface area contributed by atoms with E-state index in [1.807, 2.05) is 6.08 Å². The lowest BCUT2D eigenvalue weighted by molar-refractivity contribution is -0.379. The van der Waals surface area contributed by atoms with Gasteiger partial charge in [-0.15, -0.1) is 0 Å². The third-order valence-corrected chi connectivity index (χ3v) is 13.3. The molecule has 0 aromatic rings. The van der Waals surface area contributed by atoms with Crippen molar-refractivity contribution in [3.05, 3.63) is 12.2 Å². The molecule has 3 fully saturated rings. The molecule has 0 bridgehead atoms. The van der Waals surface area contributed by atoms with Gasteiger partial charge in [0.15, 0.2) is 18.9 Å². The summed E-state index contributed by atoms with van der Waals surface area (Å²) in [5.74, 6) is -0.281. The highest BCUT2D eigenvalue weighted by atomic mass is 16.8. The van der Waals surface area contributed by atoms with Gasteiger partial charge in [-0.05, 0) is 19.3 Å². The minimum atomic E-state index is -1.97. The average Bonchev–Trinajstić information content (AvgIpc) is 3.33. The zero-order valence-electron chi connectivity index (χ0n) is 40.8. The fourth-order valence-corrected chi connectivity index (χ4v) is 8.95. The number of allylic oxidation sites excluding steroid dienone is 1.